The molecule has 8 heteroatoms. The average Bonchev–Trinajstić information content (AvgIpc) is 3.27. The van der Waals surface area contributed by atoms with Gasteiger partial charge >= 0.3 is 0 Å². The van der Waals surface area contributed by atoms with Gasteiger partial charge in [0.25, 0.3) is 5.56 Å². The van der Waals surface area contributed by atoms with Crippen LogP contribution in [0.4, 0.5) is 0 Å². The molecule has 5 aromatic heterocycles. The first-order valence-corrected chi connectivity index (χ1v) is 7.46. The van der Waals surface area contributed by atoms with Gasteiger partial charge in [-0.05, 0) is 19.1 Å². The van der Waals surface area contributed by atoms with Crippen molar-refractivity contribution in [3.8, 4) is 0 Å². The summed E-state index contributed by atoms with van der Waals surface area (Å²) in [7, 11) is 0. The number of furan rings is 1. The van der Waals surface area contributed by atoms with Gasteiger partial charge in [-0.2, -0.15) is 10.1 Å². The Labute approximate surface area is 134 Å². The monoisotopic (exact) mass is 320 g/mol. The molecule has 0 atom stereocenters. The Morgan fingerprint density at radius 3 is 3.04 bits per heavy atom. The summed E-state index contributed by atoms with van der Waals surface area (Å²) in [4.78, 5) is 20.8. The fourth-order valence-corrected chi connectivity index (χ4v) is 3.02. The number of nitrogens with one attached hydrogen (secondary N) is 1. The fraction of sp³-hybridized carbons (Fsp3) is 0.125. The first-order chi connectivity index (χ1) is 11.7. The minimum absolute atomic E-state index is 0.294. The molecule has 0 unspecified atom stereocenters. The molecule has 0 spiro atoms. The SMILES string of the molecule is Cc1cc2nc(=O)c3cnc4c(cnn4Cc4ccco4)c3n2[nH]1. The van der Waals surface area contributed by atoms with E-state index in [1.807, 2.05) is 25.1 Å². The van der Waals surface area contributed by atoms with E-state index < -0.39 is 0 Å². The summed E-state index contributed by atoms with van der Waals surface area (Å²) in [6, 6.07) is 5.55. The molecule has 0 bridgehead atoms. The molecule has 0 saturated carbocycles. The van der Waals surface area contributed by atoms with E-state index in [4.69, 9.17) is 4.42 Å². The van der Waals surface area contributed by atoms with Gasteiger partial charge in [0.1, 0.15) is 12.3 Å². The minimum atomic E-state index is -0.294. The molecule has 0 aliphatic carbocycles. The van der Waals surface area contributed by atoms with Gasteiger partial charge in [-0.15, -0.1) is 0 Å². The molecule has 24 heavy (non-hydrogen) atoms. The molecule has 5 aromatic rings. The van der Waals surface area contributed by atoms with E-state index in [1.165, 1.54) is 0 Å². The van der Waals surface area contributed by atoms with E-state index in [0.29, 0.717) is 23.2 Å². The third-order valence-corrected chi connectivity index (χ3v) is 4.06. The van der Waals surface area contributed by atoms with Gasteiger partial charge in [-0.1, -0.05) is 0 Å². The predicted molar refractivity (Wildman–Crippen MR) is 87.0 cm³/mol. The summed E-state index contributed by atoms with van der Waals surface area (Å²) in [5.74, 6) is 0.787. The lowest BCUT2D eigenvalue weighted by atomic mass is 10.2. The van der Waals surface area contributed by atoms with E-state index in [9.17, 15) is 4.79 Å². The second-order valence-corrected chi connectivity index (χ2v) is 5.69. The number of aromatic amines is 1. The third kappa shape index (κ3) is 1.73. The highest BCUT2D eigenvalue weighted by Crippen LogP contribution is 2.22. The summed E-state index contributed by atoms with van der Waals surface area (Å²) >= 11 is 0. The van der Waals surface area contributed by atoms with Crippen molar-refractivity contribution in [2.24, 2.45) is 0 Å². The number of aromatic nitrogens is 6. The molecule has 0 aromatic carbocycles. The zero-order valence-electron chi connectivity index (χ0n) is 12.7. The first kappa shape index (κ1) is 13.1. The van der Waals surface area contributed by atoms with Gasteiger partial charge in [0, 0.05) is 18.0 Å². The molecule has 118 valence electrons. The Morgan fingerprint density at radius 2 is 2.21 bits per heavy atom. The van der Waals surface area contributed by atoms with Gasteiger partial charge in [0.2, 0.25) is 0 Å². The number of fused-ring (bicyclic) bond motifs is 5. The van der Waals surface area contributed by atoms with Crippen LogP contribution in [0.15, 0.2) is 46.1 Å². The van der Waals surface area contributed by atoms with Crippen molar-refractivity contribution >= 4 is 27.6 Å². The van der Waals surface area contributed by atoms with Crippen LogP contribution < -0.4 is 5.56 Å². The molecule has 0 aliphatic heterocycles. The van der Waals surface area contributed by atoms with Gasteiger partial charge in [0.15, 0.2) is 11.3 Å². The van der Waals surface area contributed by atoms with Crippen LogP contribution >= 0.6 is 0 Å². The second kappa shape index (κ2) is 4.54. The Bertz CT molecular complexity index is 1260. The Hall–Kier alpha value is -3.42. The van der Waals surface area contributed by atoms with Crippen LogP contribution in [0.25, 0.3) is 27.6 Å². The summed E-state index contributed by atoms with van der Waals surface area (Å²) in [6.45, 7) is 2.39. The van der Waals surface area contributed by atoms with Crippen LogP contribution in [0.5, 0.6) is 0 Å². The van der Waals surface area contributed by atoms with E-state index in [0.717, 1.165) is 22.4 Å². The highest BCUT2D eigenvalue weighted by molar-refractivity contribution is 6.02. The number of pyridine rings is 1. The maximum atomic E-state index is 12.3. The van der Waals surface area contributed by atoms with Crippen molar-refractivity contribution in [2.45, 2.75) is 13.5 Å². The summed E-state index contributed by atoms with van der Waals surface area (Å²) in [6.07, 6.45) is 4.89. The lowest BCUT2D eigenvalue weighted by Gasteiger charge is -2.04. The number of nitrogens with zero attached hydrogens (tertiary/aromatic N) is 5. The molecular formula is C16H12N6O2. The maximum absolute atomic E-state index is 12.3. The molecule has 1 N–H and O–H groups in total. The van der Waals surface area contributed by atoms with Gasteiger partial charge in [-0.25, -0.2) is 14.2 Å². The smallest absolute Gasteiger partial charge is 0.282 e. The van der Waals surface area contributed by atoms with Gasteiger partial charge < -0.3 is 4.42 Å². The van der Waals surface area contributed by atoms with Crippen LogP contribution in [0, 0.1) is 6.92 Å². The summed E-state index contributed by atoms with van der Waals surface area (Å²) in [5, 5.41) is 8.86. The molecule has 0 saturated heterocycles. The Kier molecular flexibility index (Phi) is 2.47. The number of H-pyrrole nitrogens is 1. The molecular weight excluding hydrogens is 308 g/mol. The Balaban J connectivity index is 1.87. The van der Waals surface area contributed by atoms with Crippen LogP contribution in [-0.2, 0) is 6.54 Å². The molecule has 0 aliphatic rings. The van der Waals surface area contributed by atoms with Gasteiger partial charge in [-0.3, -0.25) is 9.89 Å². The minimum Gasteiger partial charge on any atom is -0.467 e. The van der Waals surface area contributed by atoms with E-state index in [2.05, 4.69) is 20.2 Å². The molecule has 0 radical (unpaired) electrons. The standard InChI is InChI=1S/C16H12N6O2/c1-9-5-13-19-16(23)12-6-17-15-11(14(12)22(13)20-9)7-18-21(15)8-10-3-2-4-24-10/h2-7,20H,8H2,1H3. The van der Waals surface area contributed by atoms with Crippen molar-refractivity contribution in [3.63, 3.8) is 0 Å². The first-order valence-electron chi connectivity index (χ1n) is 7.46. The molecule has 8 nitrogen and oxygen atoms in total. The van der Waals surface area contributed by atoms with Gasteiger partial charge in [0.05, 0.1) is 28.7 Å². The number of hydrogen-bond acceptors (Lipinski definition) is 5. The van der Waals surface area contributed by atoms with E-state index in [1.54, 1.807) is 27.9 Å². The number of hydrogen-bond donors (Lipinski definition) is 1. The topological polar surface area (TPSA) is 94.0 Å². The summed E-state index contributed by atoms with van der Waals surface area (Å²) in [5.41, 5.74) is 2.62. The van der Waals surface area contributed by atoms with Crippen LogP contribution in [-0.4, -0.2) is 29.4 Å². The van der Waals surface area contributed by atoms with Crippen molar-refractivity contribution < 1.29 is 4.42 Å². The fourth-order valence-electron chi connectivity index (χ4n) is 3.02. The molecule has 5 rings (SSSR count). The van der Waals surface area contributed by atoms with Crippen molar-refractivity contribution in [1.82, 2.24) is 29.4 Å². The van der Waals surface area contributed by atoms with E-state index in [-0.39, 0.29) is 5.56 Å². The van der Waals surface area contributed by atoms with Crippen molar-refractivity contribution in [1.29, 1.82) is 0 Å². The van der Waals surface area contributed by atoms with Crippen LogP contribution in [0.3, 0.4) is 0 Å². The Morgan fingerprint density at radius 1 is 1.29 bits per heavy atom. The number of aryl methyl sites for hydroxylation is 1. The lowest BCUT2D eigenvalue weighted by Crippen LogP contribution is -2.11. The van der Waals surface area contributed by atoms with Crippen LogP contribution in [0.1, 0.15) is 11.5 Å². The predicted octanol–water partition coefficient (Wildman–Crippen LogP) is 1.87. The molecule has 0 fully saturated rings. The van der Waals surface area contributed by atoms with Crippen molar-refractivity contribution in [3.05, 3.63) is 58.7 Å². The second-order valence-electron chi connectivity index (χ2n) is 5.69. The highest BCUT2D eigenvalue weighted by Gasteiger charge is 2.15. The zero-order valence-corrected chi connectivity index (χ0v) is 12.7. The van der Waals surface area contributed by atoms with Crippen LogP contribution in [0.2, 0.25) is 0 Å². The average molecular weight is 320 g/mol. The lowest BCUT2D eigenvalue weighted by molar-refractivity contribution is 0.483. The number of rotatable bonds is 2. The highest BCUT2D eigenvalue weighted by atomic mass is 16.3. The largest absolute Gasteiger partial charge is 0.467 e. The van der Waals surface area contributed by atoms with E-state index >= 15 is 0 Å². The maximum Gasteiger partial charge on any atom is 0.282 e. The normalized spacial score (nSPS) is 11.9. The molecule has 0 amide bonds. The third-order valence-electron chi connectivity index (χ3n) is 4.06. The zero-order chi connectivity index (χ0) is 16.3. The molecule has 5 heterocycles. The summed E-state index contributed by atoms with van der Waals surface area (Å²) < 4.78 is 8.93. The quantitative estimate of drug-likeness (QED) is 0.536. The van der Waals surface area contributed by atoms with Crippen molar-refractivity contribution in [2.75, 3.05) is 0 Å².